The summed E-state index contributed by atoms with van der Waals surface area (Å²) in [5.74, 6) is 0. The van der Waals surface area contributed by atoms with E-state index in [4.69, 9.17) is 4.98 Å². The van der Waals surface area contributed by atoms with Crippen LogP contribution in [0.3, 0.4) is 0 Å². The van der Waals surface area contributed by atoms with Crippen molar-refractivity contribution in [3.05, 3.63) is 24.3 Å². The highest BCUT2D eigenvalue weighted by molar-refractivity contribution is 7.22. The van der Waals surface area contributed by atoms with Crippen molar-refractivity contribution in [3.8, 4) is 0 Å². The lowest BCUT2D eigenvalue weighted by molar-refractivity contribution is 0.576. The van der Waals surface area contributed by atoms with Gasteiger partial charge >= 0.3 is 0 Å². The van der Waals surface area contributed by atoms with Gasteiger partial charge in [-0.05, 0) is 37.8 Å². The molecule has 0 radical (unpaired) electrons. The second-order valence-electron chi connectivity index (χ2n) is 4.83. The molecule has 0 unspecified atom stereocenters. The molecule has 2 bridgehead atoms. The smallest absolute Gasteiger partial charge is 0.186 e. The highest BCUT2D eigenvalue weighted by atomic mass is 32.1. The molecular weight excluding hydrogens is 216 g/mol. The standard InChI is InChI=1S/C13H14N2S/c1-2-4-12-11(3-1)14-13(16-12)15-9-5-6-10(15)8-7-9/h1-4,9-10H,5-8H2. The van der Waals surface area contributed by atoms with Gasteiger partial charge in [-0.15, -0.1) is 0 Å². The lowest BCUT2D eigenvalue weighted by atomic mass is 10.0. The molecule has 0 N–H and O–H groups in total. The molecule has 16 heavy (non-hydrogen) atoms. The summed E-state index contributed by atoms with van der Waals surface area (Å²) in [6.45, 7) is 0. The molecular formula is C13H14N2S. The molecule has 0 aliphatic carbocycles. The molecule has 2 nitrogen and oxygen atoms in total. The van der Waals surface area contributed by atoms with Crippen LogP contribution >= 0.6 is 11.3 Å². The number of nitrogens with zero attached hydrogens (tertiary/aromatic N) is 2. The Labute approximate surface area is 98.9 Å². The zero-order valence-electron chi connectivity index (χ0n) is 9.10. The fourth-order valence-electron chi connectivity index (χ4n) is 3.20. The molecule has 3 heteroatoms. The summed E-state index contributed by atoms with van der Waals surface area (Å²) in [4.78, 5) is 7.37. The minimum atomic E-state index is 0.783. The van der Waals surface area contributed by atoms with E-state index in [0.29, 0.717) is 0 Å². The topological polar surface area (TPSA) is 16.1 Å². The number of aromatic nitrogens is 1. The van der Waals surface area contributed by atoms with Crippen LogP contribution in [0.15, 0.2) is 24.3 Å². The molecule has 4 rings (SSSR count). The molecule has 1 aromatic carbocycles. The fourth-order valence-corrected chi connectivity index (χ4v) is 4.30. The molecule has 2 fully saturated rings. The predicted molar refractivity (Wildman–Crippen MR) is 68.1 cm³/mol. The van der Waals surface area contributed by atoms with Gasteiger partial charge in [0.2, 0.25) is 0 Å². The van der Waals surface area contributed by atoms with E-state index in [9.17, 15) is 0 Å². The molecule has 2 saturated heterocycles. The first-order valence-corrected chi connectivity index (χ1v) is 6.87. The Balaban J connectivity index is 1.82. The normalized spacial score (nSPS) is 28.1. The average Bonchev–Trinajstić information content (AvgIpc) is 3.01. The minimum absolute atomic E-state index is 0.783. The lowest BCUT2D eigenvalue weighted by Gasteiger charge is -2.20. The second kappa shape index (κ2) is 3.20. The Morgan fingerprint density at radius 2 is 1.75 bits per heavy atom. The highest BCUT2D eigenvalue weighted by Crippen LogP contribution is 2.43. The van der Waals surface area contributed by atoms with Crippen LogP contribution in [0.25, 0.3) is 10.2 Å². The Bertz CT molecular complexity index is 480. The van der Waals surface area contributed by atoms with E-state index in [1.807, 2.05) is 11.3 Å². The molecule has 0 amide bonds. The Morgan fingerprint density at radius 1 is 1.06 bits per heavy atom. The van der Waals surface area contributed by atoms with Gasteiger partial charge in [-0.3, -0.25) is 0 Å². The summed E-state index contributed by atoms with van der Waals surface area (Å²) in [5, 5.41) is 1.26. The summed E-state index contributed by atoms with van der Waals surface area (Å²) in [6, 6.07) is 10.0. The van der Waals surface area contributed by atoms with Crippen molar-refractivity contribution in [2.75, 3.05) is 4.90 Å². The second-order valence-corrected chi connectivity index (χ2v) is 5.84. The Kier molecular flexibility index (Phi) is 1.80. The van der Waals surface area contributed by atoms with Crippen molar-refractivity contribution < 1.29 is 0 Å². The van der Waals surface area contributed by atoms with Crippen molar-refractivity contribution in [2.45, 2.75) is 37.8 Å². The van der Waals surface area contributed by atoms with Gasteiger partial charge < -0.3 is 4.90 Å². The van der Waals surface area contributed by atoms with Crippen LogP contribution in [0.1, 0.15) is 25.7 Å². The van der Waals surface area contributed by atoms with E-state index in [1.165, 1.54) is 35.5 Å². The fraction of sp³-hybridized carbons (Fsp3) is 0.462. The van der Waals surface area contributed by atoms with Crippen LogP contribution in [-0.4, -0.2) is 17.1 Å². The first-order chi connectivity index (χ1) is 7.92. The number of hydrogen-bond acceptors (Lipinski definition) is 3. The van der Waals surface area contributed by atoms with E-state index in [1.54, 1.807) is 0 Å². The number of thiazole rings is 1. The first kappa shape index (κ1) is 8.99. The molecule has 2 aliphatic heterocycles. The van der Waals surface area contributed by atoms with Gasteiger partial charge in [0.25, 0.3) is 0 Å². The molecule has 2 aliphatic rings. The predicted octanol–water partition coefficient (Wildman–Crippen LogP) is 3.43. The monoisotopic (exact) mass is 230 g/mol. The largest absolute Gasteiger partial charge is 0.342 e. The molecule has 3 heterocycles. The van der Waals surface area contributed by atoms with E-state index in [0.717, 1.165) is 17.6 Å². The highest BCUT2D eigenvalue weighted by Gasteiger charge is 2.40. The van der Waals surface area contributed by atoms with Gasteiger partial charge in [0.15, 0.2) is 5.13 Å². The zero-order valence-corrected chi connectivity index (χ0v) is 9.91. The molecule has 0 atom stereocenters. The van der Waals surface area contributed by atoms with Crippen LogP contribution < -0.4 is 4.90 Å². The van der Waals surface area contributed by atoms with Crippen molar-refractivity contribution in [2.24, 2.45) is 0 Å². The van der Waals surface area contributed by atoms with Gasteiger partial charge in [0.05, 0.1) is 10.2 Å². The van der Waals surface area contributed by atoms with Crippen LogP contribution in [0.2, 0.25) is 0 Å². The SMILES string of the molecule is c1ccc2sc(N3C4CCC3CC4)nc2c1. The van der Waals surface area contributed by atoms with Gasteiger partial charge in [0, 0.05) is 12.1 Å². The van der Waals surface area contributed by atoms with Gasteiger partial charge in [-0.1, -0.05) is 23.5 Å². The maximum Gasteiger partial charge on any atom is 0.186 e. The molecule has 0 spiro atoms. The third-order valence-electron chi connectivity index (χ3n) is 3.96. The summed E-state index contributed by atoms with van der Waals surface area (Å²) >= 11 is 1.86. The summed E-state index contributed by atoms with van der Waals surface area (Å²) in [5.41, 5.74) is 1.16. The van der Waals surface area contributed by atoms with Gasteiger partial charge in [-0.25, -0.2) is 4.98 Å². The van der Waals surface area contributed by atoms with Crippen LogP contribution in [0.4, 0.5) is 5.13 Å². The maximum atomic E-state index is 4.78. The number of para-hydroxylation sites is 1. The quantitative estimate of drug-likeness (QED) is 0.746. The minimum Gasteiger partial charge on any atom is -0.342 e. The van der Waals surface area contributed by atoms with Crippen LogP contribution in [0, 0.1) is 0 Å². The average molecular weight is 230 g/mol. The first-order valence-electron chi connectivity index (χ1n) is 6.06. The molecule has 82 valence electrons. The summed E-state index contributed by atoms with van der Waals surface area (Å²) < 4.78 is 1.32. The van der Waals surface area contributed by atoms with E-state index < -0.39 is 0 Å². The van der Waals surface area contributed by atoms with Gasteiger partial charge in [0.1, 0.15) is 0 Å². The number of benzene rings is 1. The third kappa shape index (κ3) is 1.15. The summed E-state index contributed by atoms with van der Waals surface area (Å²) in [6.07, 6.45) is 5.50. The summed E-state index contributed by atoms with van der Waals surface area (Å²) in [7, 11) is 0. The van der Waals surface area contributed by atoms with E-state index in [2.05, 4.69) is 29.2 Å². The number of hydrogen-bond donors (Lipinski definition) is 0. The number of anilines is 1. The molecule has 2 aromatic rings. The lowest BCUT2D eigenvalue weighted by Crippen LogP contribution is -2.27. The Morgan fingerprint density at radius 3 is 2.44 bits per heavy atom. The Hall–Kier alpha value is -1.09. The maximum absolute atomic E-state index is 4.78. The molecule has 1 aromatic heterocycles. The number of fused-ring (bicyclic) bond motifs is 3. The van der Waals surface area contributed by atoms with Crippen LogP contribution in [0.5, 0.6) is 0 Å². The van der Waals surface area contributed by atoms with Crippen molar-refractivity contribution in [1.29, 1.82) is 0 Å². The van der Waals surface area contributed by atoms with Crippen molar-refractivity contribution in [1.82, 2.24) is 4.98 Å². The van der Waals surface area contributed by atoms with Crippen molar-refractivity contribution in [3.63, 3.8) is 0 Å². The van der Waals surface area contributed by atoms with Crippen LogP contribution in [-0.2, 0) is 0 Å². The third-order valence-corrected chi connectivity index (χ3v) is 5.01. The van der Waals surface area contributed by atoms with Gasteiger partial charge in [-0.2, -0.15) is 0 Å². The van der Waals surface area contributed by atoms with E-state index in [-0.39, 0.29) is 0 Å². The molecule has 0 saturated carbocycles. The van der Waals surface area contributed by atoms with E-state index >= 15 is 0 Å². The van der Waals surface area contributed by atoms with Crippen molar-refractivity contribution >= 4 is 26.7 Å². The number of rotatable bonds is 1. The zero-order chi connectivity index (χ0) is 10.5.